The Balaban J connectivity index is 1.74. The van der Waals surface area contributed by atoms with Crippen LogP contribution in [-0.4, -0.2) is 17.9 Å². The van der Waals surface area contributed by atoms with Crippen molar-refractivity contribution < 1.29 is 14.3 Å². The summed E-state index contributed by atoms with van der Waals surface area (Å²) in [5, 5.41) is 0. The number of rotatable bonds is 3. The van der Waals surface area contributed by atoms with E-state index in [1.807, 2.05) is 36.4 Å². The van der Waals surface area contributed by atoms with Gasteiger partial charge in [0.1, 0.15) is 6.10 Å². The number of carbonyl (C=O) groups is 2. The van der Waals surface area contributed by atoms with E-state index in [1.54, 1.807) is 6.08 Å². The van der Waals surface area contributed by atoms with Gasteiger partial charge in [0.05, 0.1) is 0 Å². The molecule has 0 amide bonds. The van der Waals surface area contributed by atoms with Crippen molar-refractivity contribution >= 4 is 11.8 Å². The van der Waals surface area contributed by atoms with Gasteiger partial charge in [0, 0.05) is 17.1 Å². The maximum absolute atomic E-state index is 12.2. The topological polar surface area (TPSA) is 43.4 Å². The van der Waals surface area contributed by atoms with Gasteiger partial charge < -0.3 is 4.74 Å². The first kappa shape index (κ1) is 15.5. The molecule has 3 nitrogen and oxygen atoms in total. The number of hydrogen-bond acceptors (Lipinski definition) is 3. The molecule has 0 N–H and O–H groups in total. The Morgan fingerprint density at radius 1 is 1.30 bits per heavy atom. The number of allylic oxidation sites excluding steroid dienone is 4. The number of fused-ring (bicyclic) bond motifs is 1. The van der Waals surface area contributed by atoms with E-state index in [9.17, 15) is 9.59 Å². The molecule has 118 valence electrons. The number of ketones is 1. The summed E-state index contributed by atoms with van der Waals surface area (Å²) in [6.45, 7) is 5.95. The fourth-order valence-electron chi connectivity index (χ4n) is 3.23. The summed E-state index contributed by atoms with van der Waals surface area (Å²) in [6, 6.07) is 9.23. The molecule has 1 fully saturated rings. The highest BCUT2D eigenvalue weighted by molar-refractivity contribution is 6.04. The van der Waals surface area contributed by atoms with Crippen LogP contribution in [0.25, 0.3) is 0 Å². The summed E-state index contributed by atoms with van der Waals surface area (Å²) >= 11 is 0. The van der Waals surface area contributed by atoms with Gasteiger partial charge in [0.25, 0.3) is 0 Å². The molecular weight excluding hydrogens is 288 g/mol. The van der Waals surface area contributed by atoms with Gasteiger partial charge in [0.15, 0.2) is 5.78 Å². The van der Waals surface area contributed by atoms with Crippen molar-refractivity contribution in [3.8, 4) is 0 Å². The van der Waals surface area contributed by atoms with Gasteiger partial charge in [0.2, 0.25) is 0 Å². The first-order chi connectivity index (χ1) is 11.1. The van der Waals surface area contributed by atoms with Crippen LogP contribution < -0.4 is 0 Å². The van der Waals surface area contributed by atoms with Gasteiger partial charge in [-0.2, -0.15) is 0 Å². The second-order valence-corrected chi connectivity index (χ2v) is 6.22. The molecule has 3 heteroatoms. The van der Waals surface area contributed by atoms with Crippen molar-refractivity contribution in [2.24, 2.45) is 11.8 Å². The Labute approximate surface area is 136 Å². The van der Waals surface area contributed by atoms with Crippen LogP contribution in [0, 0.1) is 11.8 Å². The fourth-order valence-corrected chi connectivity index (χ4v) is 3.23. The molecule has 1 aromatic carbocycles. The lowest BCUT2D eigenvalue weighted by atomic mass is 9.91. The lowest BCUT2D eigenvalue weighted by Crippen LogP contribution is -2.17. The number of benzene rings is 1. The van der Waals surface area contributed by atoms with E-state index < -0.39 is 0 Å². The van der Waals surface area contributed by atoms with Gasteiger partial charge in [-0.05, 0) is 30.4 Å². The summed E-state index contributed by atoms with van der Waals surface area (Å²) in [5.41, 5.74) is 2.38. The number of esters is 1. The fraction of sp³-hybridized carbons (Fsp3) is 0.300. The molecule has 0 bridgehead atoms. The highest BCUT2D eigenvalue weighted by Gasteiger charge is 2.40. The smallest absolute Gasteiger partial charge is 0.334 e. The lowest BCUT2D eigenvalue weighted by molar-refractivity contribution is -0.139. The van der Waals surface area contributed by atoms with Crippen LogP contribution in [0.2, 0.25) is 0 Å². The maximum Gasteiger partial charge on any atom is 0.334 e. The zero-order valence-corrected chi connectivity index (χ0v) is 13.2. The Morgan fingerprint density at radius 3 is 2.78 bits per heavy atom. The lowest BCUT2D eigenvalue weighted by Gasteiger charge is -2.17. The monoisotopic (exact) mass is 308 g/mol. The third kappa shape index (κ3) is 3.19. The van der Waals surface area contributed by atoms with Crippen molar-refractivity contribution in [3.63, 3.8) is 0 Å². The Kier molecular flexibility index (Phi) is 4.28. The zero-order chi connectivity index (χ0) is 16.4. The SMILES string of the molecule is C=C1C(=O)OC2CC(C)C(/C=C/C(=O)c3ccccc3)=CCC12. The van der Waals surface area contributed by atoms with Crippen LogP contribution in [0.5, 0.6) is 0 Å². The Hall–Kier alpha value is -2.42. The molecule has 3 atom stereocenters. The quantitative estimate of drug-likeness (QED) is 0.483. The van der Waals surface area contributed by atoms with E-state index in [1.165, 1.54) is 0 Å². The molecule has 1 saturated heterocycles. The van der Waals surface area contributed by atoms with Crippen LogP contribution in [0.15, 0.2) is 66.3 Å². The predicted octanol–water partition coefficient (Wildman–Crippen LogP) is 3.88. The van der Waals surface area contributed by atoms with E-state index in [0.717, 1.165) is 18.4 Å². The van der Waals surface area contributed by atoms with Gasteiger partial charge >= 0.3 is 5.97 Å². The Bertz CT molecular complexity index is 697. The van der Waals surface area contributed by atoms with Gasteiger partial charge in [-0.1, -0.05) is 56.0 Å². The van der Waals surface area contributed by atoms with Gasteiger partial charge in [-0.15, -0.1) is 0 Å². The standard InChI is InChI=1S/C20H20O3/c1-13-12-19-17(14(2)20(22)23-19)10-8-15(13)9-11-18(21)16-6-4-3-5-7-16/h3-9,11,13,17,19H,2,10,12H2,1H3/b11-9+. The maximum atomic E-state index is 12.2. The van der Waals surface area contributed by atoms with Crippen molar-refractivity contribution in [1.82, 2.24) is 0 Å². The summed E-state index contributed by atoms with van der Waals surface area (Å²) < 4.78 is 5.41. The molecule has 1 aromatic rings. The molecule has 0 radical (unpaired) electrons. The molecule has 23 heavy (non-hydrogen) atoms. The summed E-state index contributed by atoms with van der Waals surface area (Å²) in [4.78, 5) is 23.8. The molecule has 0 spiro atoms. The van der Waals surface area contributed by atoms with Crippen LogP contribution in [0.1, 0.15) is 30.1 Å². The number of ether oxygens (including phenoxy) is 1. The summed E-state index contributed by atoms with van der Waals surface area (Å²) in [5.74, 6) is 0.0435. The van der Waals surface area contributed by atoms with E-state index >= 15 is 0 Å². The summed E-state index contributed by atoms with van der Waals surface area (Å²) in [7, 11) is 0. The van der Waals surface area contributed by atoms with Gasteiger partial charge in [-0.25, -0.2) is 4.79 Å². The number of carbonyl (C=O) groups excluding carboxylic acids is 2. The van der Waals surface area contributed by atoms with E-state index in [2.05, 4.69) is 19.6 Å². The third-order valence-corrected chi connectivity index (χ3v) is 4.66. The van der Waals surface area contributed by atoms with Crippen molar-refractivity contribution in [2.45, 2.75) is 25.9 Å². The average Bonchev–Trinajstić information content (AvgIpc) is 2.72. The van der Waals surface area contributed by atoms with Crippen LogP contribution in [0.3, 0.4) is 0 Å². The molecule has 3 unspecified atom stereocenters. The minimum atomic E-state index is -0.265. The van der Waals surface area contributed by atoms with Crippen LogP contribution in [0.4, 0.5) is 0 Å². The number of hydrogen-bond donors (Lipinski definition) is 0. The Morgan fingerprint density at radius 2 is 2.04 bits per heavy atom. The first-order valence-electron chi connectivity index (χ1n) is 7.93. The normalized spacial score (nSPS) is 27.3. The van der Waals surface area contributed by atoms with Crippen LogP contribution in [-0.2, 0) is 9.53 Å². The minimum Gasteiger partial charge on any atom is -0.458 e. The van der Waals surface area contributed by atoms with E-state index in [4.69, 9.17) is 4.74 Å². The molecule has 0 saturated carbocycles. The van der Waals surface area contributed by atoms with Crippen molar-refractivity contribution in [2.75, 3.05) is 0 Å². The minimum absolute atomic E-state index is 0.000946. The van der Waals surface area contributed by atoms with Crippen LogP contribution >= 0.6 is 0 Å². The second-order valence-electron chi connectivity index (χ2n) is 6.22. The molecule has 3 rings (SSSR count). The highest BCUT2D eigenvalue weighted by Crippen LogP contribution is 2.38. The summed E-state index contributed by atoms with van der Waals surface area (Å²) in [6.07, 6.45) is 7.05. The highest BCUT2D eigenvalue weighted by atomic mass is 16.6. The molecule has 1 aliphatic heterocycles. The second kappa shape index (κ2) is 6.37. The zero-order valence-electron chi connectivity index (χ0n) is 13.2. The third-order valence-electron chi connectivity index (χ3n) is 4.66. The average molecular weight is 308 g/mol. The van der Waals surface area contributed by atoms with Crippen molar-refractivity contribution in [1.29, 1.82) is 0 Å². The predicted molar refractivity (Wildman–Crippen MR) is 88.9 cm³/mol. The molecule has 0 aromatic heterocycles. The van der Waals surface area contributed by atoms with Crippen molar-refractivity contribution in [3.05, 3.63) is 71.8 Å². The molecule has 1 aliphatic carbocycles. The van der Waals surface area contributed by atoms with Gasteiger partial charge in [-0.3, -0.25) is 4.79 Å². The largest absolute Gasteiger partial charge is 0.458 e. The molecule has 2 aliphatic rings. The van der Waals surface area contributed by atoms with E-state index in [-0.39, 0.29) is 29.7 Å². The molecular formula is C20H20O3. The first-order valence-corrected chi connectivity index (χ1v) is 7.93. The molecule has 1 heterocycles. The van der Waals surface area contributed by atoms with E-state index in [0.29, 0.717) is 11.1 Å².